The summed E-state index contributed by atoms with van der Waals surface area (Å²) in [7, 11) is 2.73. The number of nitrogens with one attached hydrogen (secondary N) is 1. The van der Waals surface area contributed by atoms with Crippen LogP contribution in [0.15, 0.2) is 33.8 Å². The van der Waals surface area contributed by atoms with Gasteiger partial charge in [0.1, 0.15) is 11.5 Å². The molecule has 0 unspecified atom stereocenters. The van der Waals surface area contributed by atoms with Gasteiger partial charge in [0.15, 0.2) is 5.76 Å². The Morgan fingerprint density at radius 3 is 2.54 bits per heavy atom. The standard InChI is InChI=1S/C15H15N3O6/c1-9-4-5-12(24-9)15(19)17-16-8-10-6-11(18(20)21)14(23-3)7-13(10)22-2/h4-8H,1-3H3,(H,17,19). The Bertz CT molecular complexity index is 797. The molecule has 0 bridgehead atoms. The van der Waals surface area contributed by atoms with Gasteiger partial charge in [-0.2, -0.15) is 5.10 Å². The van der Waals surface area contributed by atoms with E-state index in [1.54, 1.807) is 13.0 Å². The van der Waals surface area contributed by atoms with Gasteiger partial charge < -0.3 is 13.9 Å². The fourth-order valence-electron chi connectivity index (χ4n) is 1.92. The number of hydrazone groups is 1. The third-order valence-corrected chi connectivity index (χ3v) is 3.06. The summed E-state index contributed by atoms with van der Waals surface area (Å²) in [6, 6.07) is 5.77. The van der Waals surface area contributed by atoms with Gasteiger partial charge >= 0.3 is 11.6 Å². The molecule has 0 atom stereocenters. The second kappa shape index (κ2) is 7.27. The first kappa shape index (κ1) is 17.0. The highest BCUT2D eigenvalue weighted by Gasteiger charge is 2.19. The number of furan rings is 1. The summed E-state index contributed by atoms with van der Waals surface area (Å²) in [6.07, 6.45) is 1.24. The third-order valence-electron chi connectivity index (χ3n) is 3.06. The van der Waals surface area contributed by atoms with E-state index in [4.69, 9.17) is 13.9 Å². The van der Waals surface area contributed by atoms with Crippen molar-refractivity contribution in [2.45, 2.75) is 6.92 Å². The zero-order valence-corrected chi connectivity index (χ0v) is 13.2. The molecule has 2 rings (SSSR count). The second-order valence-corrected chi connectivity index (χ2v) is 4.63. The predicted octanol–water partition coefficient (Wildman–Crippen LogP) is 2.28. The topological polar surface area (TPSA) is 116 Å². The molecule has 0 saturated carbocycles. The molecule has 0 fully saturated rings. The predicted molar refractivity (Wildman–Crippen MR) is 84.7 cm³/mol. The average Bonchev–Trinajstić information content (AvgIpc) is 3.00. The first-order valence-corrected chi connectivity index (χ1v) is 6.76. The van der Waals surface area contributed by atoms with Crippen molar-refractivity contribution in [1.29, 1.82) is 0 Å². The lowest BCUT2D eigenvalue weighted by Gasteiger charge is -2.08. The monoisotopic (exact) mass is 333 g/mol. The summed E-state index contributed by atoms with van der Waals surface area (Å²) in [6.45, 7) is 1.71. The smallest absolute Gasteiger partial charge is 0.311 e. The number of ether oxygens (including phenoxy) is 2. The van der Waals surface area contributed by atoms with Crippen LogP contribution in [0.3, 0.4) is 0 Å². The van der Waals surface area contributed by atoms with E-state index >= 15 is 0 Å². The summed E-state index contributed by atoms with van der Waals surface area (Å²) in [5, 5.41) is 14.8. The molecule has 126 valence electrons. The molecule has 9 nitrogen and oxygen atoms in total. The molecule has 0 radical (unpaired) electrons. The maximum absolute atomic E-state index is 11.8. The maximum atomic E-state index is 11.8. The van der Waals surface area contributed by atoms with Gasteiger partial charge in [-0.1, -0.05) is 0 Å². The molecule has 0 aliphatic rings. The van der Waals surface area contributed by atoms with Crippen molar-refractivity contribution < 1.29 is 23.6 Å². The molecule has 1 aromatic carbocycles. The van der Waals surface area contributed by atoms with Gasteiger partial charge in [-0.3, -0.25) is 14.9 Å². The number of benzene rings is 1. The Kier molecular flexibility index (Phi) is 5.15. The maximum Gasteiger partial charge on any atom is 0.311 e. The van der Waals surface area contributed by atoms with Crippen LogP contribution < -0.4 is 14.9 Å². The summed E-state index contributed by atoms with van der Waals surface area (Å²) in [4.78, 5) is 22.3. The molecule has 9 heteroatoms. The van der Waals surface area contributed by atoms with Crippen molar-refractivity contribution in [3.8, 4) is 11.5 Å². The Morgan fingerprint density at radius 1 is 1.29 bits per heavy atom. The van der Waals surface area contributed by atoms with Crippen LogP contribution in [-0.2, 0) is 0 Å². The number of methoxy groups -OCH3 is 2. The van der Waals surface area contributed by atoms with E-state index in [9.17, 15) is 14.9 Å². The second-order valence-electron chi connectivity index (χ2n) is 4.63. The van der Waals surface area contributed by atoms with Crippen LogP contribution in [0.25, 0.3) is 0 Å². The molecule has 1 amide bonds. The van der Waals surface area contributed by atoms with Crippen molar-refractivity contribution in [3.63, 3.8) is 0 Å². The summed E-state index contributed by atoms with van der Waals surface area (Å²) < 4.78 is 15.3. The van der Waals surface area contributed by atoms with Gasteiger partial charge in [0.2, 0.25) is 5.75 Å². The Balaban J connectivity index is 2.23. The highest BCUT2D eigenvalue weighted by molar-refractivity contribution is 5.93. The van der Waals surface area contributed by atoms with Crippen molar-refractivity contribution in [3.05, 3.63) is 51.5 Å². The zero-order chi connectivity index (χ0) is 17.7. The van der Waals surface area contributed by atoms with Crippen molar-refractivity contribution in [2.24, 2.45) is 5.10 Å². The average molecular weight is 333 g/mol. The van der Waals surface area contributed by atoms with Crippen LogP contribution in [0.1, 0.15) is 21.9 Å². The molecule has 0 spiro atoms. The lowest BCUT2D eigenvalue weighted by molar-refractivity contribution is -0.385. The summed E-state index contributed by atoms with van der Waals surface area (Å²) >= 11 is 0. The van der Waals surface area contributed by atoms with Gasteiger partial charge in [-0.15, -0.1) is 0 Å². The number of aryl methyl sites for hydroxylation is 1. The molecule has 24 heavy (non-hydrogen) atoms. The van der Waals surface area contributed by atoms with Crippen LogP contribution in [0.5, 0.6) is 11.5 Å². The van der Waals surface area contributed by atoms with E-state index in [0.29, 0.717) is 17.1 Å². The quantitative estimate of drug-likeness (QED) is 0.492. The molecule has 2 aromatic rings. The van der Waals surface area contributed by atoms with Crippen LogP contribution in [0.4, 0.5) is 5.69 Å². The summed E-state index contributed by atoms with van der Waals surface area (Å²) in [5.74, 6) is 0.531. The van der Waals surface area contributed by atoms with Gasteiger partial charge in [-0.05, 0) is 19.1 Å². The number of nitro groups is 1. The number of nitrogens with zero attached hydrogens (tertiary/aromatic N) is 2. The molecule has 1 N–H and O–H groups in total. The zero-order valence-electron chi connectivity index (χ0n) is 13.2. The number of amides is 1. The highest BCUT2D eigenvalue weighted by atomic mass is 16.6. The minimum absolute atomic E-state index is 0.0593. The SMILES string of the molecule is COc1cc(OC)c([N+](=O)[O-])cc1C=NNC(=O)c1ccc(C)o1. The van der Waals surface area contributed by atoms with Crippen LogP contribution in [0.2, 0.25) is 0 Å². The highest BCUT2D eigenvalue weighted by Crippen LogP contribution is 2.33. The Hall–Kier alpha value is -3.36. The third kappa shape index (κ3) is 3.69. The van der Waals surface area contributed by atoms with Gasteiger partial charge in [-0.25, -0.2) is 5.43 Å². The number of carbonyl (C=O) groups excluding carboxylic acids is 1. The first-order chi connectivity index (χ1) is 11.5. The minimum Gasteiger partial charge on any atom is -0.496 e. The number of nitro benzene ring substituents is 1. The van der Waals surface area contributed by atoms with E-state index in [0.717, 1.165) is 0 Å². The van der Waals surface area contributed by atoms with Crippen molar-refractivity contribution in [2.75, 3.05) is 14.2 Å². The molecular formula is C15H15N3O6. The van der Waals surface area contributed by atoms with Gasteiger partial charge in [0.25, 0.3) is 0 Å². The van der Waals surface area contributed by atoms with Crippen LogP contribution in [0, 0.1) is 17.0 Å². The van der Waals surface area contributed by atoms with Gasteiger partial charge in [0.05, 0.1) is 25.4 Å². The van der Waals surface area contributed by atoms with Crippen molar-refractivity contribution >= 4 is 17.8 Å². The minimum atomic E-state index is -0.584. The molecule has 0 saturated heterocycles. The Labute approximate surface area is 137 Å². The van der Waals surface area contributed by atoms with E-state index in [2.05, 4.69) is 10.5 Å². The van der Waals surface area contributed by atoms with Crippen LogP contribution >= 0.6 is 0 Å². The Morgan fingerprint density at radius 2 is 2.00 bits per heavy atom. The van der Waals surface area contributed by atoms with E-state index in [1.807, 2.05) is 0 Å². The molecule has 1 aromatic heterocycles. The summed E-state index contributed by atoms with van der Waals surface area (Å²) in [5.41, 5.74) is 2.33. The normalized spacial score (nSPS) is 10.6. The number of rotatable bonds is 6. The lowest BCUT2D eigenvalue weighted by Crippen LogP contribution is -2.16. The number of carbonyl (C=O) groups is 1. The molecular weight excluding hydrogens is 318 g/mol. The number of hydrogen-bond acceptors (Lipinski definition) is 7. The van der Waals surface area contributed by atoms with Crippen molar-refractivity contribution in [1.82, 2.24) is 5.43 Å². The molecule has 1 heterocycles. The number of hydrogen-bond donors (Lipinski definition) is 1. The van der Waals surface area contributed by atoms with E-state index in [-0.39, 0.29) is 17.2 Å². The van der Waals surface area contributed by atoms with Crippen LogP contribution in [-0.4, -0.2) is 31.3 Å². The fraction of sp³-hybridized carbons (Fsp3) is 0.200. The fourth-order valence-corrected chi connectivity index (χ4v) is 1.92. The molecule has 0 aliphatic heterocycles. The molecule has 0 aliphatic carbocycles. The van der Waals surface area contributed by atoms with E-state index < -0.39 is 10.8 Å². The largest absolute Gasteiger partial charge is 0.496 e. The van der Waals surface area contributed by atoms with Gasteiger partial charge in [0, 0.05) is 17.7 Å². The van der Waals surface area contributed by atoms with E-state index in [1.165, 1.54) is 38.6 Å². The lowest BCUT2D eigenvalue weighted by atomic mass is 10.1. The first-order valence-electron chi connectivity index (χ1n) is 6.76.